The van der Waals surface area contributed by atoms with Crippen molar-refractivity contribution in [1.29, 1.82) is 0 Å². The standard InChI is InChI=1S/C10H19NO3/c1-2-11-8-3-5-9(6-4-8)14-7-10(12)13/h8-9,11H,2-7H2,1H3,(H,12,13)/t8-,9-. The lowest BCUT2D eigenvalue weighted by atomic mass is 9.93. The molecule has 0 spiro atoms. The van der Waals surface area contributed by atoms with Crippen molar-refractivity contribution in [1.82, 2.24) is 5.32 Å². The number of carboxylic acid groups (broad SMARTS) is 1. The summed E-state index contributed by atoms with van der Waals surface area (Å²) >= 11 is 0. The summed E-state index contributed by atoms with van der Waals surface area (Å²) in [5.74, 6) is -0.876. The average molecular weight is 201 g/mol. The summed E-state index contributed by atoms with van der Waals surface area (Å²) in [4.78, 5) is 10.3. The van der Waals surface area contributed by atoms with Gasteiger partial charge in [-0.15, -0.1) is 0 Å². The van der Waals surface area contributed by atoms with E-state index in [1.165, 1.54) is 0 Å². The van der Waals surface area contributed by atoms with Crippen LogP contribution in [0.1, 0.15) is 32.6 Å². The largest absolute Gasteiger partial charge is 0.480 e. The number of rotatable bonds is 5. The zero-order valence-electron chi connectivity index (χ0n) is 8.66. The van der Waals surface area contributed by atoms with Gasteiger partial charge in [0.1, 0.15) is 6.61 Å². The fraction of sp³-hybridized carbons (Fsp3) is 0.900. The highest BCUT2D eigenvalue weighted by Gasteiger charge is 2.21. The van der Waals surface area contributed by atoms with Crippen LogP contribution in [0.3, 0.4) is 0 Å². The van der Waals surface area contributed by atoms with Crippen LogP contribution in [0.4, 0.5) is 0 Å². The van der Waals surface area contributed by atoms with Crippen LogP contribution >= 0.6 is 0 Å². The maximum atomic E-state index is 10.3. The van der Waals surface area contributed by atoms with Gasteiger partial charge < -0.3 is 15.2 Å². The molecule has 2 N–H and O–H groups in total. The Labute approximate surface area is 84.6 Å². The zero-order valence-corrected chi connectivity index (χ0v) is 8.66. The normalized spacial score (nSPS) is 27.5. The van der Waals surface area contributed by atoms with E-state index in [0.29, 0.717) is 6.04 Å². The molecule has 1 rings (SSSR count). The first kappa shape index (κ1) is 11.5. The van der Waals surface area contributed by atoms with Crippen molar-refractivity contribution in [3.05, 3.63) is 0 Å². The van der Waals surface area contributed by atoms with Gasteiger partial charge in [0.05, 0.1) is 6.10 Å². The van der Waals surface area contributed by atoms with Crippen molar-refractivity contribution in [2.45, 2.75) is 44.8 Å². The molecule has 1 aliphatic carbocycles. The molecule has 0 radical (unpaired) electrons. The van der Waals surface area contributed by atoms with Gasteiger partial charge >= 0.3 is 5.97 Å². The third kappa shape index (κ3) is 4.07. The van der Waals surface area contributed by atoms with Gasteiger partial charge in [-0.1, -0.05) is 6.92 Å². The third-order valence-corrected chi connectivity index (χ3v) is 2.61. The Morgan fingerprint density at radius 1 is 1.43 bits per heavy atom. The lowest BCUT2D eigenvalue weighted by Crippen LogP contribution is -2.35. The van der Waals surface area contributed by atoms with Gasteiger partial charge in [-0.05, 0) is 32.2 Å². The first-order chi connectivity index (χ1) is 6.72. The predicted molar refractivity (Wildman–Crippen MR) is 53.3 cm³/mol. The lowest BCUT2D eigenvalue weighted by molar-refractivity contribution is -0.145. The number of nitrogens with one attached hydrogen (secondary N) is 1. The average Bonchev–Trinajstić information content (AvgIpc) is 2.17. The van der Waals surface area contributed by atoms with E-state index in [0.717, 1.165) is 32.2 Å². The topological polar surface area (TPSA) is 58.6 Å². The molecule has 1 fully saturated rings. The minimum Gasteiger partial charge on any atom is -0.480 e. The molecule has 14 heavy (non-hydrogen) atoms. The van der Waals surface area contributed by atoms with Gasteiger partial charge in [0.15, 0.2) is 0 Å². The molecule has 0 heterocycles. The zero-order chi connectivity index (χ0) is 10.4. The van der Waals surface area contributed by atoms with Gasteiger partial charge in [0.2, 0.25) is 0 Å². The van der Waals surface area contributed by atoms with E-state index in [-0.39, 0.29) is 12.7 Å². The maximum Gasteiger partial charge on any atom is 0.329 e. The molecule has 4 nitrogen and oxygen atoms in total. The lowest BCUT2D eigenvalue weighted by Gasteiger charge is -2.28. The molecule has 0 aromatic carbocycles. The second-order valence-electron chi connectivity index (χ2n) is 3.74. The smallest absolute Gasteiger partial charge is 0.329 e. The SMILES string of the molecule is CCN[C@H]1CC[C@H](OCC(=O)O)CC1. The van der Waals surface area contributed by atoms with E-state index in [1.54, 1.807) is 0 Å². The molecule has 82 valence electrons. The van der Waals surface area contributed by atoms with Crippen LogP contribution in [0.25, 0.3) is 0 Å². The number of carboxylic acids is 1. The van der Waals surface area contributed by atoms with Crippen molar-refractivity contribution in [3.63, 3.8) is 0 Å². The predicted octanol–water partition coefficient (Wildman–Crippen LogP) is 1.01. The monoisotopic (exact) mass is 201 g/mol. The molecule has 1 saturated carbocycles. The molecule has 0 aliphatic heterocycles. The van der Waals surface area contributed by atoms with Crippen molar-refractivity contribution in [2.24, 2.45) is 0 Å². The summed E-state index contributed by atoms with van der Waals surface area (Å²) in [6.45, 7) is 2.95. The minimum atomic E-state index is -0.876. The fourth-order valence-corrected chi connectivity index (χ4v) is 1.91. The summed E-state index contributed by atoms with van der Waals surface area (Å²) in [7, 11) is 0. The Morgan fingerprint density at radius 2 is 2.07 bits per heavy atom. The van der Waals surface area contributed by atoms with Gasteiger partial charge in [-0.3, -0.25) is 0 Å². The first-order valence-corrected chi connectivity index (χ1v) is 5.29. The van der Waals surface area contributed by atoms with Crippen LogP contribution in [0.15, 0.2) is 0 Å². The molecule has 1 aliphatic rings. The minimum absolute atomic E-state index is 0.154. The second kappa shape index (κ2) is 5.98. The van der Waals surface area contributed by atoms with Crippen molar-refractivity contribution < 1.29 is 14.6 Å². The highest BCUT2D eigenvalue weighted by Crippen LogP contribution is 2.20. The molecule has 0 amide bonds. The van der Waals surface area contributed by atoms with E-state index in [1.807, 2.05) is 0 Å². The number of carbonyl (C=O) groups is 1. The Bertz CT molecular complexity index is 176. The van der Waals surface area contributed by atoms with Crippen LogP contribution < -0.4 is 5.32 Å². The molecule has 0 bridgehead atoms. The number of hydrogen-bond acceptors (Lipinski definition) is 3. The van der Waals surface area contributed by atoms with Crippen LogP contribution in [0, 0.1) is 0 Å². The first-order valence-electron chi connectivity index (χ1n) is 5.29. The van der Waals surface area contributed by atoms with Crippen molar-refractivity contribution in [2.75, 3.05) is 13.2 Å². The molecule has 0 atom stereocenters. The van der Waals surface area contributed by atoms with E-state index < -0.39 is 5.97 Å². The molecule has 0 saturated heterocycles. The van der Waals surface area contributed by atoms with Gasteiger partial charge in [-0.25, -0.2) is 4.79 Å². The Hall–Kier alpha value is -0.610. The molecule has 0 aromatic rings. The van der Waals surface area contributed by atoms with Gasteiger partial charge in [-0.2, -0.15) is 0 Å². The highest BCUT2D eigenvalue weighted by molar-refractivity contribution is 5.68. The van der Waals surface area contributed by atoms with Crippen LogP contribution in [0.2, 0.25) is 0 Å². The van der Waals surface area contributed by atoms with Gasteiger partial charge in [0, 0.05) is 6.04 Å². The molecule has 0 aromatic heterocycles. The summed E-state index contributed by atoms with van der Waals surface area (Å²) in [5.41, 5.74) is 0. The second-order valence-corrected chi connectivity index (χ2v) is 3.74. The van der Waals surface area contributed by atoms with Crippen LogP contribution in [-0.2, 0) is 9.53 Å². The Morgan fingerprint density at radius 3 is 2.57 bits per heavy atom. The molecule has 0 unspecified atom stereocenters. The molecular weight excluding hydrogens is 182 g/mol. The summed E-state index contributed by atoms with van der Waals surface area (Å²) < 4.78 is 5.24. The van der Waals surface area contributed by atoms with Crippen LogP contribution in [0.5, 0.6) is 0 Å². The van der Waals surface area contributed by atoms with Crippen molar-refractivity contribution >= 4 is 5.97 Å². The summed E-state index contributed by atoms with van der Waals surface area (Å²) in [5, 5.41) is 11.8. The number of aliphatic carboxylic acids is 1. The fourth-order valence-electron chi connectivity index (χ4n) is 1.91. The third-order valence-electron chi connectivity index (χ3n) is 2.61. The number of ether oxygens (including phenoxy) is 1. The Balaban J connectivity index is 2.12. The quantitative estimate of drug-likeness (QED) is 0.697. The summed E-state index contributed by atoms with van der Waals surface area (Å²) in [6.07, 6.45) is 4.30. The highest BCUT2D eigenvalue weighted by atomic mass is 16.5. The number of hydrogen-bond donors (Lipinski definition) is 2. The van der Waals surface area contributed by atoms with Gasteiger partial charge in [0.25, 0.3) is 0 Å². The van der Waals surface area contributed by atoms with E-state index in [4.69, 9.17) is 9.84 Å². The molecular formula is C10H19NO3. The van der Waals surface area contributed by atoms with Crippen LogP contribution in [-0.4, -0.2) is 36.4 Å². The van der Waals surface area contributed by atoms with E-state index in [9.17, 15) is 4.79 Å². The van der Waals surface area contributed by atoms with E-state index >= 15 is 0 Å². The van der Waals surface area contributed by atoms with Crippen molar-refractivity contribution in [3.8, 4) is 0 Å². The van der Waals surface area contributed by atoms with E-state index in [2.05, 4.69) is 12.2 Å². The molecule has 4 heteroatoms. The Kier molecular flexibility index (Phi) is 4.90. The summed E-state index contributed by atoms with van der Waals surface area (Å²) in [6, 6.07) is 0.602. The maximum absolute atomic E-state index is 10.3.